The van der Waals surface area contributed by atoms with Gasteiger partial charge in [-0.3, -0.25) is 0 Å². The summed E-state index contributed by atoms with van der Waals surface area (Å²) in [7, 11) is -2.40. The molecule has 2 atom stereocenters. The van der Waals surface area contributed by atoms with Crippen molar-refractivity contribution in [1.82, 2.24) is 17.5 Å². The number of benzene rings is 2. The van der Waals surface area contributed by atoms with Gasteiger partial charge >= 0.3 is 0 Å². The van der Waals surface area contributed by atoms with Crippen LogP contribution < -0.4 is 21.8 Å². The maximum atomic E-state index is 7.27. The highest BCUT2D eigenvalue weighted by Crippen LogP contribution is 2.53. The first-order valence-electron chi connectivity index (χ1n) is 23.5. The summed E-state index contributed by atoms with van der Waals surface area (Å²) in [6.45, 7) is 9.55. The fourth-order valence-electron chi connectivity index (χ4n) is 10.5. The van der Waals surface area contributed by atoms with Crippen molar-refractivity contribution < 1.29 is 0 Å². The van der Waals surface area contributed by atoms with E-state index in [9.17, 15) is 0 Å². The zero-order valence-corrected chi connectivity index (χ0v) is 45.6. The maximum absolute atomic E-state index is 7.27. The van der Waals surface area contributed by atoms with Crippen LogP contribution in [0.2, 0.25) is 12.1 Å². The van der Waals surface area contributed by atoms with Crippen LogP contribution in [0.25, 0.3) is 93.1 Å². The number of unbranched alkanes of at least 4 members (excludes halogenated alkanes) is 2. The van der Waals surface area contributed by atoms with Gasteiger partial charge in [-0.05, 0) is 106 Å². The zero-order valence-electron chi connectivity index (χ0n) is 38.0. The van der Waals surface area contributed by atoms with E-state index >= 15 is 0 Å². The summed E-state index contributed by atoms with van der Waals surface area (Å²) in [5, 5.41) is 7.51. The van der Waals surface area contributed by atoms with Crippen LogP contribution in [0.4, 0.5) is 11.4 Å². The lowest BCUT2D eigenvalue weighted by atomic mass is 10.0. The van der Waals surface area contributed by atoms with Crippen LogP contribution in [-0.4, -0.2) is 25.6 Å². The second-order valence-corrected chi connectivity index (χ2v) is 29.3. The molecule has 0 bridgehead atoms. The molecule has 2 aromatic carbocycles. The number of aromatic nitrogens is 4. The number of fused-ring (bicyclic) bond motifs is 5. The van der Waals surface area contributed by atoms with Crippen LogP contribution in [-0.2, 0) is 0 Å². The van der Waals surface area contributed by atoms with Gasteiger partial charge in [-0.25, -0.2) is 0 Å². The molecule has 0 saturated heterocycles. The van der Waals surface area contributed by atoms with E-state index in [0.717, 1.165) is 55.7 Å². The molecule has 1 aliphatic heterocycles. The minimum atomic E-state index is -2.40. The Labute approximate surface area is 426 Å². The van der Waals surface area contributed by atoms with Crippen LogP contribution in [0.1, 0.15) is 79.1 Å². The molecule has 0 spiro atoms. The molecule has 2 unspecified atom stereocenters. The Hall–Kier alpha value is -3.90. The second-order valence-electron chi connectivity index (χ2n) is 18.0. The summed E-state index contributed by atoms with van der Waals surface area (Å²) < 4.78 is 20.0. The fourth-order valence-corrected chi connectivity index (χ4v) is 25.9. The molecule has 0 aliphatic carbocycles. The van der Waals surface area contributed by atoms with E-state index < -0.39 is 8.07 Å². The number of anilines is 2. The monoisotopic (exact) mass is 1040 g/mol. The van der Waals surface area contributed by atoms with Crippen molar-refractivity contribution in [1.29, 1.82) is 0 Å². The molecule has 0 fully saturated rings. The Morgan fingerprint density at radius 2 is 0.925 bits per heavy atom. The van der Waals surface area contributed by atoms with E-state index in [1.54, 1.807) is 55.7 Å². The molecule has 0 amide bonds. The highest BCUT2D eigenvalue weighted by atomic mass is 32.1. The molecule has 9 heterocycles. The van der Waals surface area contributed by atoms with Gasteiger partial charge in [0.25, 0.3) is 0 Å². The molecule has 4 N–H and O–H groups in total. The van der Waals surface area contributed by atoms with Gasteiger partial charge in [0.2, 0.25) is 0 Å². The Kier molecular flexibility index (Phi) is 13.0. The summed E-state index contributed by atoms with van der Waals surface area (Å²) in [6, 6.07) is 29.5. The van der Waals surface area contributed by atoms with Crippen LogP contribution in [0.3, 0.4) is 0 Å². The van der Waals surface area contributed by atoms with Crippen molar-refractivity contribution in [2.45, 2.75) is 91.1 Å². The third-order valence-electron chi connectivity index (χ3n) is 14.0. The number of nitrogens with two attached hydrogens (primary N) is 2. The molecule has 10 aromatic rings. The number of rotatable bonds is 18. The Balaban J connectivity index is 1.08. The van der Waals surface area contributed by atoms with E-state index in [2.05, 4.69) is 111 Å². The van der Waals surface area contributed by atoms with Gasteiger partial charge < -0.3 is 11.5 Å². The summed E-state index contributed by atoms with van der Waals surface area (Å²) in [6.07, 6.45) is 9.95. The number of nitrogen functional groups attached to an aromatic ring is 2. The molecule has 11 rings (SSSR count). The van der Waals surface area contributed by atoms with Crippen LogP contribution in [0.5, 0.6) is 0 Å². The van der Waals surface area contributed by atoms with E-state index in [1.165, 1.54) is 136 Å². The van der Waals surface area contributed by atoms with Crippen molar-refractivity contribution in [3.05, 3.63) is 83.6 Å². The van der Waals surface area contributed by atoms with Gasteiger partial charge in [0.15, 0.2) is 0 Å². The van der Waals surface area contributed by atoms with Crippen molar-refractivity contribution >= 4 is 143 Å². The third-order valence-corrected chi connectivity index (χ3v) is 27.6. The first kappa shape index (κ1) is 45.5. The molecule has 67 heavy (non-hydrogen) atoms. The largest absolute Gasteiger partial charge is 0.398 e. The summed E-state index contributed by atoms with van der Waals surface area (Å²) in [5.41, 5.74) is 24.0. The van der Waals surface area contributed by atoms with E-state index in [1.807, 2.05) is 22.7 Å². The quantitative estimate of drug-likeness (QED) is 0.0655. The molecule has 6 nitrogen and oxygen atoms in total. The number of hydrogen-bond donors (Lipinski definition) is 2. The Bertz CT molecular complexity index is 3110. The Morgan fingerprint density at radius 1 is 0.493 bits per heavy atom. The lowest BCUT2D eigenvalue weighted by Crippen LogP contribution is -2.56. The SMILES string of the molecule is CCCCC(CC)C[Si]1(CC(CC)CCCC)c2cc(-c3c(N)cc(-c4ccc(-c5cccs5)s4)c4nsnc34)sc2-c2sc(-c3c(N)cc(-c4ccc(-c5cccs5)s4)c4nsnc34)cc21. The molecule has 15 heteroatoms. The zero-order chi connectivity index (χ0) is 45.8. The molecule has 0 saturated carbocycles. The highest BCUT2D eigenvalue weighted by Gasteiger charge is 2.50. The predicted octanol–water partition coefficient (Wildman–Crippen LogP) is 17.2. The Morgan fingerprint density at radius 3 is 1.33 bits per heavy atom. The summed E-state index contributed by atoms with van der Waals surface area (Å²) in [5.74, 6) is 1.32. The van der Waals surface area contributed by atoms with E-state index in [4.69, 9.17) is 29.0 Å². The van der Waals surface area contributed by atoms with Gasteiger partial charge in [0, 0.05) is 82.4 Å². The first-order chi connectivity index (χ1) is 32.8. The number of nitrogens with zero attached hydrogens (tertiary/aromatic N) is 4. The van der Waals surface area contributed by atoms with Gasteiger partial charge in [-0.2, -0.15) is 17.5 Å². The molecule has 0 radical (unpaired) electrons. The molecule has 8 aromatic heterocycles. The van der Waals surface area contributed by atoms with Crippen LogP contribution in [0, 0.1) is 11.8 Å². The van der Waals surface area contributed by atoms with Gasteiger partial charge in [-0.15, -0.1) is 68.0 Å². The van der Waals surface area contributed by atoms with Crippen molar-refractivity contribution in [2.75, 3.05) is 11.5 Å². The third kappa shape index (κ3) is 8.13. The molecule has 1 aliphatic rings. The standard InChI is InChI=1S/C52H52N6S8Si/c1-5-9-13-29(7-3)27-67(28-30(8-4)14-10-6-2)43-25-41(45-33(53)23-31(47-49(45)57-65-55-47)35-17-19-39(61-35)37-15-11-21-59-37)63-51(43)52-44(67)26-42(64-52)46-34(54)24-32(48-50(46)58-66-56-48)36-18-20-40(62-36)38-16-12-22-60-38/h11-12,15-26,29-30H,5-10,13-14,27-28,53-54H2,1-4H3. The van der Waals surface area contributed by atoms with E-state index in [0.29, 0.717) is 11.8 Å². The first-order valence-corrected chi connectivity index (χ1v) is 32.4. The minimum Gasteiger partial charge on any atom is -0.398 e. The van der Waals surface area contributed by atoms with Crippen molar-refractivity contribution in [3.63, 3.8) is 0 Å². The average molecular weight is 1050 g/mol. The number of hydrogen-bond acceptors (Lipinski definition) is 14. The average Bonchev–Trinajstić information content (AvgIpc) is 4.19. The summed E-state index contributed by atoms with van der Waals surface area (Å²) in [4.78, 5) is 12.7. The van der Waals surface area contributed by atoms with E-state index in [-0.39, 0.29) is 0 Å². The minimum absolute atomic E-state index is 0.660. The van der Waals surface area contributed by atoms with Gasteiger partial charge in [0.1, 0.15) is 30.1 Å². The lowest BCUT2D eigenvalue weighted by Gasteiger charge is -2.35. The highest BCUT2D eigenvalue weighted by molar-refractivity contribution is 7.32. The lowest BCUT2D eigenvalue weighted by molar-refractivity contribution is 0.469. The van der Waals surface area contributed by atoms with Crippen molar-refractivity contribution in [3.8, 4) is 71.0 Å². The summed E-state index contributed by atoms with van der Waals surface area (Å²) >= 11 is 13.6. The topological polar surface area (TPSA) is 104 Å². The second kappa shape index (κ2) is 19.1. The molecular weight excluding hydrogens is 993 g/mol. The van der Waals surface area contributed by atoms with Crippen LogP contribution >= 0.6 is 91.5 Å². The van der Waals surface area contributed by atoms with Gasteiger partial charge in [-0.1, -0.05) is 91.2 Å². The maximum Gasteiger partial charge on any atom is 0.122 e. The normalized spacial score (nSPS) is 14.1. The molecular formula is C52H52N6S8Si. The fraction of sp³-hybridized carbons (Fsp3) is 0.308. The van der Waals surface area contributed by atoms with Crippen LogP contribution in [0.15, 0.2) is 83.6 Å². The predicted molar refractivity (Wildman–Crippen MR) is 304 cm³/mol. The number of thiophene rings is 6. The van der Waals surface area contributed by atoms with Crippen molar-refractivity contribution in [2.24, 2.45) is 11.8 Å². The van der Waals surface area contributed by atoms with Gasteiger partial charge in [0.05, 0.1) is 23.5 Å². The molecule has 342 valence electrons. The smallest absolute Gasteiger partial charge is 0.122 e.